The molecule has 33 heavy (non-hydrogen) atoms. The van der Waals surface area contributed by atoms with E-state index in [-0.39, 0.29) is 29.4 Å². The van der Waals surface area contributed by atoms with Gasteiger partial charge in [-0.05, 0) is 38.1 Å². The minimum atomic E-state index is -0.538. The highest BCUT2D eigenvalue weighted by atomic mass is 32.2. The van der Waals surface area contributed by atoms with Gasteiger partial charge in [0.15, 0.2) is 5.16 Å². The van der Waals surface area contributed by atoms with Crippen LogP contribution in [0.25, 0.3) is 22.2 Å². The van der Waals surface area contributed by atoms with Crippen LogP contribution < -0.4 is 10.9 Å². The van der Waals surface area contributed by atoms with E-state index >= 15 is 0 Å². The third-order valence-electron chi connectivity index (χ3n) is 4.79. The summed E-state index contributed by atoms with van der Waals surface area (Å²) >= 11 is 2.38. The molecule has 170 valence electrons. The molecule has 0 saturated heterocycles. The minimum Gasteiger partial charge on any atom is -0.464 e. The summed E-state index contributed by atoms with van der Waals surface area (Å²) in [5.41, 5.74) is 1.25. The number of anilines is 1. The molecule has 0 radical (unpaired) electrons. The highest BCUT2D eigenvalue weighted by molar-refractivity contribution is 7.99. The third-order valence-corrected chi connectivity index (χ3v) is 6.66. The van der Waals surface area contributed by atoms with Crippen LogP contribution in [-0.4, -0.2) is 33.8 Å². The molecule has 0 unspecified atom stereocenters. The van der Waals surface area contributed by atoms with Gasteiger partial charge in [0.2, 0.25) is 5.91 Å². The number of rotatable bonds is 8. The summed E-state index contributed by atoms with van der Waals surface area (Å²) < 4.78 is 12.2. The number of thiophene rings is 1. The Kier molecular flexibility index (Phi) is 6.95. The van der Waals surface area contributed by atoms with Crippen molar-refractivity contribution < 1.29 is 18.7 Å². The number of nitrogens with zero attached hydrogens (tertiary/aromatic N) is 2. The maximum Gasteiger partial charge on any atom is 0.341 e. The van der Waals surface area contributed by atoms with E-state index in [1.54, 1.807) is 47.2 Å². The number of nitrogens with one attached hydrogen (secondary N) is 1. The van der Waals surface area contributed by atoms with Crippen molar-refractivity contribution in [1.82, 2.24) is 9.55 Å². The molecule has 0 saturated carbocycles. The van der Waals surface area contributed by atoms with E-state index in [1.807, 2.05) is 13.0 Å². The molecule has 4 aromatic rings. The Hall–Kier alpha value is -3.37. The van der Waals surface area contributed by atoms with E-state index in [0.29, 0.717) is 38.9 Å². The topological polar surface area (TPSA) is 103 Å². The molecule has 1 N–H and O–H groups in total. The van der Waals surface area contributed by atoms with Crippen LogP contribution in [0.15, 0.2) is 62.4 Å². The van der Waals surface area contributed by atoms with E-state index in [2.05, 4.69) is 10.3 Å². The van der Waals surface area contributed by atoms with Crippen LogP contribution in [0, 0.1) is 0 Å². The van der Waals surface area contributed by atoms with Gasteiger partial charge in [-0.25, -0.2) is 9.78 Å². The van der Waals surface area contributed by atoms with Gasteiger partial charge in [-0.3, -0.25) is 14.2 Å². The monoisotopic (exact) mass is 483 g/mol. The second kappa shape index (κ2) is 10.1. The standard InChI is InChI=1S/C23H21N3O5S2/c1-3-26-21(28)14-8-5-6-9-16(14)24-23(26)33-13-18(27)25-20-19(22(29)30-4-2)15(12-32-20)17-10-7-11-31-17/h5-12H,3-4,13H2,1-2H3,(H,25,27). The van der Waals surface area contributed by atoms with Crippen molar-refractivity contribution in [2.45, 2.75) is 25.5 Å². The SMILES string of the molecule is CCOC(=O)c1c(-c2ccco2)csc1NC(=O)CSc1nc2ccccc2c(=O)n1CC. The highest BCUT2D eigenvalue weighted by Gasteiger charge is 2.24. The summed E-state index contributed by atoms with van der Waals surface area (Å²) in [5, 5.41) is 5.92. The van der Waals surface area contributed by atoms with Gasteiger partial charge >= 0.3 is 5.97 Å². The van der Waals surface area contributed by atoms with E-state index < -0.39 is 5.97 Å². The largest absolute Gasteiger partial charge is 0.464 e. The van der Waals surface area contributed by atoms with Crippen molar-refractivity contribution in [1.29, 1.82) is 0 Å². The fraction of sp³-hybridized carbons (Fsp3) is 0.217. The molecular formula is C23H21N3O5S2. The number of carbonyl (C=O) groups excluding carboxylic acids is 2. The molecule has 4 rings (SSSR count). The predicted molar refractivity (Wildman–Crippen MR) is 129 cm³/mol. The Morgan fingerprint density at radius 1 is 1.21 bits per heavy atom. The number of furan rings is 1. The number of hydrogen-bond acceptors (Lipinski definition) is 8. The van der Waals surface area contributed by atoms with Crippen molar-refractivity contribution in [2.75, 3.05) is 17.7 Å². The number of para-hydroxylation sites is 1. The molecule has 10 heteroatoms. The molecule has 0 aliphatic rings. The number of aromatic nitrogens is 2. The van der Waals surface area contributed by atoms with Crippen LogP contribution in [0.3, 0.4) is 0 Å². The summed E-state index contributed by atoms with van der Waals surface area (Å²) in [4.78, 5) is 42.7. The van der Waals surface area contributed by atoms with Crippen LogP contribution in [-0.2, 0) is 16.1 Å². The Balaban J connectivity index is 1.56. The molecule has 0 spiro atoms. The van der Waals surface area contributed by atoms with E-state index in [4.69, 9.17) is 9.15 Å². The second-order valence-electron chi connectivity index (χ2n) is 6.85. The first-order chi connectivity index (χ1) is 16.0. The highest BCUT2D eigenvalue weighted by Crippen LogP contribution is 2.36. The third kappa shape index (κ3) is 4.71. The van der Waals surface area contributed by atoms with E-state index in [0.717, 1.165) is 0 Å². The van der Waals surface area contributed by atoms with Crippen LogP contribution in [0.2, 0.25) is 0 Å². The summed E-state index contributed by atoms with van der Waals surface area (Å²) in [6.07, 6.45) is 1.51. The van der Waals surface area contributed by atoms with Crippen LogP contribution >= 0.6 is 23.1 Å². The van der Waals surface area contributed by atoms with Crippen LogP contribution in [0.5, 0.6) is 0 Å². The van der Waals surface area contributed by atoms with Gasteiger partial charge in [0, 0.05) is 17.5 Å². The average molecular weight is 484 g/mol. The smallest absolute Gasteiger partial charge is 0.341 e. The van der Waals surface area contributed by atoms with Gasteiger partial charge in [-0.1, -0.05) is 23.9 Å². The normalized spacial score (nSPS) is 11.0. The molecule has 0 aliphatic carbocycles. The molecule has 3 aromatic heterocycles. The molecule has 0 fully saturated rings. The van der Waals surface area contributed by atoms with E-state index in [1.165, 1.54) is 29.4 Å². The van der Waals surface area contributed by atoms with Crippen LogP contribution in [0.4, 0.5) is 5.00 Å². The molecule has 1 amide bonds. The van der Waals surface area contributed by atoms with Crippen molar-refractivity contribution in [2.24, 2.45) is 0 Å². The molecule has 1 aromatic carbocycles. The molecular weight excluding hydrogens is 462 g/mol. The summed E-state index contributed by atoms with van der Waals surface area (Å²) in [5.74, 6) is -0.342. The zero-order valence-corrected chi connectivity index (χ0v) is 19.6. The van der Waals surface area contributed by atoms with Crippen LogP contribution in [0.1, 0.15) is 24.2 Å². The maximum absolute atomic E-state index is 12.8. The lowest BCUT2D eigenvalue weighted by Gasteiger charge is -2.11. The predicted octanol–water partition coefficient (Wildman–Crippen LogP) is 4.65. The number of hydrogen-bond donors (Lipinski definition) is 1. The van der Waals surface area contributed by atoms with Crippen molar-refractivity contribution in [3.05, 3.63) is 64.0 Å². The van der Waals surface area contributed by atoms with E-state index in [9.17, 15) is 14.4 Å². The Labute approximate surface area is 197 Å². The average Bonchev–Trinajstić information content (AvgIpc) is 3.48. The summed E-state index contributed by atoms with van der Waals surface area (Å²) in [7, 11) is 0. The minimum absolute atomic E-state index is 0.0149. The lowest BCUT2D eigenvalue weighted by atomic mass is 10.1. The zero-order chi connectivity index (χ0) is 23.4. The van der Waals surface area contributed by atoms with Crippen molar-refractivity contribution in [3.8, 4) is 11.3 Å². The fourth-order valence-electron chi connectivity index (χ4n) is 3.30. The first-order valence-electron chi connectivity index (χ1n) is 10.3. The van der Waals surface area contributed by atoms with Gasteiger partial charge in [0.1, 0.15) is 16.3 Å². The molecule has 0 bridgehead atoms. The Morgan fingerprint density at radius 3 is 2.76 bits per heavy atom. The number of thioether (sulfide) groups is 1. The maximum atomic E-state index is 12.8. The number of ether oxygens (including phenoxy) is 1. The van der Waals surface area contributed by atoms with Crippen molar-refractivity contribution in [3.63, 3.8) is 0 Å². The summed E-state index contributed by atoms with van der Waals surface area (Å²) in [6.45, 7) is 4.22. The molecule has 8 nitrogen and oxygen atoms in total. The second-order valence-corrected chi connectivity index (χ2v) is 8.67. The van der Waals surface area contributed by atoms with Gasteiger partial charge in [-0.15, -0.1) is 11.3 Å². The fourth-order valence-corrected chi connectivity index (χ4v) is 5.12. The quantitative estimate of drug-likeness (QED) is 0.221. The number of amides is 1. The lowest BCUT2D eigenvalue weighted by Crippen LogP contribution is -2.23. The first kappa shape index (κ1) is 22.8. The summed E-state index contributed by atoms with van der Waals surface area (Å²) in [6, 6.07) is 10.6. The van der Waals surface area contributed by atoms with Gasteiger partial charge in [-0.2, -0.15) is 0 Å². The van der Waals surface area contributed by atoms with Gasteiger partial charge in [0.25, 0.3) is 5.56 Å². The number of benzene rings is 1. The number of esters is 1. The lowest BCUT2D eigenvalue weighted by molar-refractivity contribution is -0.113. The van der Waals surface area contributed by atoms with Gasteiger partial charge in [0.05, 0.1) is 29.5 Å². The molecule has 0 aliphatic heterocycles. The first-order valence-corrected chi connectivity index (χ1v) is 12.1. The van der Waals surface area contributed by atoms with Crippen molar-refractivity contribution >= 4 is 50.9 Å². The molecule has 3 heterocycles. The van der Waals surface area contributed by atoms with Gasteiger partial charge < -0.3 is 14.5 Å². The number of fused-ring (bicyclic) bond motifs is 1. The zero-order valence-electron chi connectivity index (χ0n) is 18.0. The molecule has 0 atom stereocenters. The number of carbonyl (C=O) groups is 2. The Bertz CT molecular complexity index is 1360. The Morgan fingerprint density at radius 2 is 2.03 bits per heavy atom.